The first-order valence-electron chi connectivity index (χ1n) is 5.19. The summed E-state index contributed by atoms with van der Waals surface area (Å²) in [6.07, 6.45) is 1.20. The predicted octanol–water partition coefficient (Wildman–Crippen LogP) is 1.80. The molecule has 0 spiro atoms. The molecule has 2 aromatic rings. The number of aromatic nitrogens is 2. The minimum Gasteiger partial charge on any atom is -0.268 e. The third-order valence-electron chi connectivity index (χ3n) is 2.58. The molecule has 1 heterocycles. The van der Waals surface area contributed by atoms with Crippen LogP contribution in [0.5, 0.6) is 0 Å². The fraction of sp³-hybridized carbons (Fsp3) is 0.250. The van der Waals surface area contributed by atoms with Crippen LogP contribution in [0.1, 0.15) is 5.69 Å². The van der Waals surface area contributed by atoms with Crippen molar-refractivity contribution in [3.8, 4) is 11.3 Å². The highest BCUT2D eigenvalue weighted by molar-refractivity contribution is 7.90. The van der Waals surface area contributed by atoms with Crippen molar-refractivity contribution in [1.29, 1.82) is 0 Å². The van der Waals surface area contributed by atoms with E-state index in [4.69, 9.17) is 0 Å². The molecule has 0 radical (unpaired) electrons. The summed E-state index contributed by atoms with van der Waals surface area (Å²) in [6, 6.07) is 8.80. The maximum Gasteiger partial charge on any atom is 0.175 e. The Kier molecular flexibility index (Phi) is 2.79. The van der Waals surface area contributed by atoms with Crippen LogP contribution < -0.4 is 0 Å². The number of nitrogens with zero attached hydrogens (tertiary/aromatic N) is 2. The van der Waals surface area contributed by atoms with Crippen molar-refractivity contribution >= 4 is 9.84 Å². The van der Waals surface area contributed by atoms with Gasteiger partial charge in [-0.25, -0.2) is 8.42 Å². The highest BCUT2D eigenvalue weighted by atomic mass is 32.2. The molecule has 0 aliphatic carbocycles. The summed E-state index contributed by atoms with van der Waals surface area (Å²) in [5, 5.41) is 4.26. The van der Waals surface area contributed by atoms with Crippen molar-refractivity contribution in [3.05, 3.63) is 36.0 Å². The van der Waals surface area contributed by atoms with Crippen molar-refractivity contribution in [1.82, 2.24) is 9.78 Å². The van der Waals surface area contributed by atoms with E-state index in [1.54, 1.807) is 28.9 Å². The van der Waals surface area contributed by atoms with Crippen molar-refractivity contribution in [3.63, 3.8) is 0 Å². The lowest BCUT2D eigenvalue weighted by molar-refractivity contribution is 0.602. The molecule has 0 saturated heterocycles. The van der Waals surface area contributed by atoms with Gasteiger partial charge in [0.25, 0.3) is 0 Å². The molecule has 1 aromatic heterocycles. The first kappa shape index (κ1) is 11.9. The Morgan fingerprint density at radius 3 is 2.18 bits per heavy atom. The van der Waals surface area contributed by atoms with E-state index in [1.807, 2.05) is 20.0 Å². The maximum absolute atomic E-state index is 11.3. The van der Waals surface area contributed by atoms with Crippen LogP contribution in [0.2, 0.25) is 0 Å². The van der Waals surface area contributed by atoms with Crippen LogP contribution in [-0.4, -0.2) is 24.5 Å². The first-order chi connectivity index (χ1) is 7.88. The highest BCUT2D eigenvalue weighted by Gasteiger charge is 2.09. The number of sulfone groups is 1. The maximum atomic E-state index is 11.3. The summed E-state index contributed by atoms with van der Waals surface area (Å²) in [5.41, 5.74) is 2.87. The number of aryl methyl sites for hydroxylation is 2. The molecule has 0 amide bonds. The lowest BCUT2D eigenvalue weighted by Crippen LogP contribution is -1.97. The van der Waals surface area contributed by atoms with E-state index < -0.39 is 9.84 Å². The van der Waals surface area contributed by atoms with Crippen molar-refractivity contribution in [2.24, 2.45) is 7.05 Å². The smallest absolute Gasteiger partial charge is 0.175 e. The zero-order valence-corrected chi connectivity index (χ0v) is 10.8. The molecule has 0 unspecified atom stereocenters. The predicted molar refractivity (Wildman–Crippen MR) is 66.5 cm³/mol. The fourth-order valence-electron chi connectivity index (χ4n) is 1.75. The normalized spacial score (nSPS) is 11.7. The molecular formula is C12H14N2O2S. The molecule has 0 aliphatic heterocycles. The summed E-state index contributed by atoms with van der Waals surface area (Å²) < 4.78 is 24.5. The summed E-state index contributed by atoms with van der Waals surface area (Å²) in [6.45, 7) is 1.92. The quantitative estimate of drug-likeness (QED) is 0.816. The van der Waals surface area contributed by atoms with Gasteiger partial charge in [0.15, 0.2) is 9.84 Å². The van der Waals surface area contributed by atoms with Crippen LogP contribution in [0.15, 0.2) is 35.2 Å². The average molecular weight is 250 g/mol. The molecule has 0 N–H and O–H groups in total. The van der Waals surface area contributed by atoms with Crippen LogP contribution >= 0.6 is 0 Å². The second-order valence-electron chi connectivity index (χ2n) is 4.09. The largest absolute Gasteiger partial charge is 0.268 e. The van der Waals surface area contributed by atoms with Gasteiger partial charge in [-0.15, -0.1) is 0 Å². The lowest BCUT2D eigenvalue weighted by Gasteiger charge is -2.03. The van der Waals surface area contributed by atoms with Gasteiger partial charge >= 0.3 is 0 Å². The minimum atomic E-state index is -3.13. The Labute approximate surface area is 101 Å². The number of rotatable bonds is 2. The SMILES string of the molecule is Cc1cc(-c2ccc(S(C)(=O)=O)cc2)n(C)n1. The van der Waals surface area contributed by atoms with Crippen molar-refractivity contribution < 1.29 is 8.42 Å². The van der Waals surface area contributed by atoms with E-state index in [9.17, 15) is 8.42 Å². The number of hydrogen-bond acceptors (Lipinski definition) is 3. The van der Waals surface area contributed by atoms with Gasteiger partial charge in [-0.1, -0.05) is 12.1 Å². The number of hydrogen-bond donors (Lipinski definition) is 0. The second kappa shape index (κ2) is 4.00. The van der Waals surface area contributed by atoms with Crippen molar-refractivity contribution in [2.75, 3.05) is 6.26 Å². The van der Waals surface area contributed by atoms with E-state index in [-0.39, 0.29) is 0 Å². The van der Waals surface area contributed by atoms with E-state index in [2.05, 4.69) is 5.10 Å². The molecule has 0 aliphatic rings. The Hall–Kier alpha value is -1.62. The Bertz CT molecular complexity index is 640. The van der Waals surface area contributed by atoms with Gasteiger partial charge < -0.3 is 0 Å². The number of benzene rings is 1. The van der Waals surface area contributed by atoms with Gasteiger partial charge in [-0.2, -0.15) is 5.10 Å². The summed E-state index contributed by atoms with van der Waals surface area (Å²) in [4.78, 5) is 0.333. The Morgan fingerprint density at radius 1 is 1.18 bits per heavy atom. The van der Waals surface area contributed by atoms with E-state index in [1.165, 1.54) is 6.26 Å². The van der Waals surface area contributed by atoms with Gasteiger partial charge in [0, 0.05) is 13.3 Å². The van der Waals surface area contributed by atoms with Gasteiger partial charge in [-0.05, 0) is 30.7 Å². The topological polar surface area (TPSA) is 52.0 Å². The fourth-order valence-corrected chi connectivity index (χ4v) is 2.38. The van der Waals surface area contributed by atoms with E-state index in [0.29, 0.717) is 4.90 Å². The van der Waals surface area contributed by atoms with Crippen LogP contribution in [0.4, 0.5) is 0 Å². The summed E-state index contributed by atoms with van der Waals surface area (Å²) in [5.74, 6) is 0. The minimum absolute atomic E-state index is 0.333. The van der Waals surface area contributed by atoms with Gasteiger partial charge in [0.05, 0.1) is 16.3 Å². The summed E-state index contributed by atoms with van der Waals surface area (Å²) >= 11 is 0. The molecule has 4 nitrogen and oxygen atoms in total. The van der Waals surface area contributed by atoms with Crippen LogP contribution in [0.25, 0.3) is 11.3 Å². The highest BCUT2D eigenvalue weighted by Crippen LogP contribution is 2.21. The Morgan fingerprint density at radius 2 is 1.76 bits per heavy atom. The Balaban J connectivity index is 2.46. The molecule has 17 heavy (non-hydrogen) atoms. The standard InChI is InChI=1S/C12H14N2O2S/c1-9-8-12(14(2)13-9)10-4-6-11(7-5-10)17(3,15)16/h4-8H,1-3H3. The summed E-state index contributed by atoms with van der Waals surface area (Å²) in [7, 11) is -1.26. The van der Waals surface area contributed by atoms with E-state index in [0.717, 1.165) is 17.0 Å². The molecule has 0 saturated carbocycles. The molecule has 90 valence electrons. The van der Waals surface area contributed by atoms with Crippen LogP contribution in [-0.2, 0) is 16.9 Å². The van der Waals surface area contributed by atoms with Crippen LogP contribution in [0, 0.1) is 6.92 Å². The van der Waals surface area contributed by atoms with E-state index >= 15 is 0 Å². The van der Waals surface area contributed by atoms with Gasteiger partial charge in [0.1, 0.15) is 0 Å². The molecule has 2 rings (SSSR count). The molecular weight excluding hydrogens is 236 g/mol. The van der Waals surface area contributed by atoms with Crippen LogP contribution in [0.3, 0.4) is 0 Å². The zero-order chi connectivity index (χ0) is 12.6. The molecule has 1 aromatic carbocycles. The van der Waals surface area contributed by atoms with Gasteiger partial charge in [0.2, 0.25) is 0 Å². The second-order valence-corrected chi connectivity index (χ2v) is 6.11. The zero-order valence-electron chi connectivity index (χ0n) is 10.0. The molecule has 0 fully saturated rings. The lowest BCUT2D eigenvalue weighted by atomic mass is 10.1. The molecule has 5 heteroatoms. The third kappa shape index (κ3) is 2.39. The van der Waals surface area contributed by atoms with Gasteiger partial charge in [-0.3, -0.25) is 4.68 Å². The molecule has 0 atom stereocenters. The third-order valence-corrected chi connectivity index (χ3v) is 3.71. The molecule has 0 bridgehead atoms. The monoisotopic (exact) mass is 250 g/mol. The first-order valence-corrected chi connectivity index (χ1v) is 7.08. The van der Waals surface area contributed by atoms with Crippen molar-refractivity contribution in [2.45, 2.75) is 11.8 Å². The average Bonchev–Trinajstić information content (AvgIpc) is 2.57.